The minimum absolute atomic E-state index is 0.0481. The zero-order valence-electron chi connectivity index (χ0n) is 21.0. The van der Waals surface area contributed by atoms with Crippen LogP contribution in [-0.2, 0) is 0 Å². The van der Waals surface area contributed by atoms with Gasteiger partial charge in [0.05, 0.1) is 0 Å². The van der Waals surface area contributed by atoms with Crippen LogP contribution in [0.1, 0.15) is 0 Å². The number of ether oxygens (including phenoxy) is 2. The van der Waals surface area contributed by atoms with E-state index in [0.29, 0.717) is 0 Å². The summed E-state index contributed by atoms with van der Waals surface area (Å²) in [5, 5.41) is 7.57. The predicted octanol–water partition coefficient (Wildman–Crippen LogP) is 7.54. The van der Waals surface area contributed by atoms with Crippen molar-refractivity contribution in [2.45, 2.75) is 0 Å². The van der Waals surface area contributed by atoms with E-state index in [0.717, 1.165) is 28.5 Å². The number of rotatable bonds is 1. The van der Waals surface area contributed by atoms with Crippen LogP contribution in [-0.4, -0.2) is 6.71 Å². The van der Waals surface area contributed by atoms with Crippen LogP contribution in [0.5, 0.6) is 23.0 Å². The van der Waals surface area contributed by atoms with E-state index in [-0.39, 0.29) is 6.71 Å². The van der Waals surface area contributed by atoms with Crippen molar-refractivity contribution in [3.8, 4) is 34.1 Å². The lowest BCUT2D eigenvalue weighted by molar-refractivity contribution is 0.464. The Kier molecular flexibility index (Phi) is 4.17. The molecule has 3 heteroatoms. The fraction of sp³-hybridized carbons (Fsp3) is 0. The highest BCUT2D eigenvalue weighted by molar-refractivity contribution is 6.98. The first-order valence-electron chi connectivity index (χ1n) is 13.4. The van der Waals surface area contributed by atoms with E-state index >= 15 is 0 Å². The molecule has 0 atom stereocenters. The normalized spacial score (nSPS) is 13.0. The number of hydrogen-bond donors (Lipinski definition) is 0. The van der Waals surface area contributed by atoms with Gasteiger partial charge in [-0.25, -0.2) is 0 Å². The molecule has 0 saturated carbocycles. The molecule has 7 aromatic carbocycles. The van der Waals surface area contributed by atoms with E-state index in [9.17, 15) is 0 Å². The molecule has 0 saturated heterocycles. The van der Waals surface area contributed by atoms with Crippen molar-refractivity contribution in [1.82, 2.24) is 0 Å². The van der Waals surface area contributed by atoms with Crippen LogP contribution in [0.25, 0.3) is 43.4 Å². The number of para-hydroxylation sites is 1. The molecule has 2 nitrogen and oxygen atoms in total. The molecule has 9 rings (SSSR count). The molecule has 0 amide bonds. The molecule has 0 N–H and O–H groups in total. The molecular formula is C36H21BO2. The summed E-state index contributed by atoms with van der Waals surface area (Å²) in [6.07, 6.45) is 0. The summed E-state index contributed by atoms with van der Waals surface area (Å²) in [5.41, 5.74) is 5.91. The Morgan fingerprint density at radius 1 is 0.410 bits per heavy atom. The molecule has 0 bridgehead atoms. The Morgan fingerprint density at radius 2 is 1.10 bits per heavy atom. The molecule has 39 heavy (non-hydrogen) atoms. The van der Waals surface area contributed by atoms with Gasteiger partial charge in [-0.05, 0) is 84.7 Å². The van der Waals surface area contributed by atoms with Gasteiger partial charge in [0.1, 0.15) is 23.0 Å². The Morgan fingerprint density at radius 3 is 1.97 bits per heavy atom. The van der Waals surface area contributed by atoms with Gasteiger partial charge in [0, 0.05) is 5.46 Å². The molecular weight excluding hydrogens is 475 g/mol. The zero-order valence-corrected chi connectivity index (χ0v) is 21.0. The van der Waals surface area contributed by atoms with Crippen molar-refractivity contribution < 1.29 is 9.47 Å². The lowest BCUT2D eigenvalue weighted by Gasteiger charge is -2.33. The third kappa shape index (κ3) is 2.93. The summed E-state index contributed by atoms with van der Waals surface area (Å²) in [6.45, 7) is 0.0481. The smallest absolute Gasteiger partial charge is 0.260 e. The Bertz CT molecular complexity index is 2130. The van der Waals surface area contributed by atoms with Crippen LogP contribution in [0.2, 0.25) is 0 Å². The molecule has 2 aliphatic heterocycles. The second-order valence-electron chi connectivity index (χ2n) is 10.5. The highest BCUT2D eigenvalue weighted by Crippen LogP contribution is 2.41. The first-order valence-corrected chi connectivity index (χ1v) is 13.4. The van der Waals surface area contributed by atoms with E-state index < -0.39 is 0 Å². The third-order valence-electron chi connectivity index (χ3n) is 8.36. The molecule has 0 aliphatic carbocycles. The van der Waals surface area contributed by atoms with Crippen molar-refractivity contribution in [2.75, 3.05) is 0 Å². The van der Waals surface area contributed by atoms with Gasteiger partial charge in [-0.15, -0.1) is 0 Å². The lowest BCUT2D eigenvalue weighted by Crippen LogP contribution is -2.57. The maximum Gasteiger partial charge on any atom is 0.260 e. The van der Waals surface area contributed by atoms with Crippen molar-refractivity contribution in [1.29, 1.82) is 0 Å². The monoisotopic (exact) mass is 496 g/mol. The van der Waals surface area contributed by atoms with E-state index in [1.807, 2.05) is 24.3 Å². The molecule has 2 heterocycles. The van der Waals surface area contributed by atoms with E-state index in [1.54, 1.807) is 0 Å². The molecule has 0 unspecified atom stereocenters. The largest absolute Gasteiger partial charge is 0.458 e. The lowest BCUT2D eigenvalue weighted by atomic mass is 9.35. The van der Waals surface area contributed by atoms with Gasteiger partial charge in [-0.2, -0.15) is 0 Å². The van der Waals surface area contributed by atoms with Gasteiger partial charge in [0.25, 0.3) is 6.71 Å². The van der Waals surface area contributed by atoms with E-state index in [4.69, 9.17) is 9.47 Å². The molecule has 0 fully saturated rings. The van der Waals surface area contributed by atoms with Gasteiger partial charge >= 0.3 is 0 Å². The fourth-order valence-electron chi connectivity index (χ4n) is 6.67. The SMILES string of the molecule is c1ccc2c(c1)Oc1cccc3c1B2c1cc(-c2c4ccccc4cc4c2ccc2ccccc24)ccc1O3. The first kappa shape index (κ1) is 21.0. The maximum atomic E-state index is 6.48. The van der Waals surface area contributed by atoms with Crippen LogP contribution in [0, 0.1) is 0 Å². The third-order valence-corrected chi connectivity index (χ3v) is 8.36. The van der Waals surface area contributed by atoms with Gasteiger partial charge in [0.15, 0.2) is 0 Å². The average molecular weight is 496 g/mol. The van der Waals surface area contributed by atoms with Gasteiger partial charge < -0.3 is 9.47 Å². The molecule has 0 aromatic heterocycles. The highest BCUT2D eigenvalue weighted by atomic mass is 16.5. The van der Waals surface area contributed by atoms with Crippen molar-refractivity contribution >= 4 is 55.4 Å². The summed E-state index contributed by atoms with van der Waals surface area (Å²) in [4.78, 5) is 0. The van der Waals surface area contributed by atoms with Crippen molar-refractivity contribution in [2.24, 2.45) is 0 Å². The standard InChI is InChI=1S/C36H21BO2/c1-3-10-25-22(8-1)16-18-27-28(25)20-23-9-2-4-11-26(23)35(27)24-17-19-32-30(21-24)37-29-12-5-6-13-31(29)38-33-14-7-15-34(39-32)36(33)37/h1-21H. The summed E-state index contributed by atoms with van der Waals surface area (Å²) in [7, 11) is 0. The van der Waals surface area contributed by atoms with Gasteiger partial charge in [0.2, 0.25) is 0 Å². The molecule has 0 spiro atoms. The summed E-state index contributed by atoms with van der Waals surface area (Å²) in [5.74, 6) is 3.55. The molecule has 2 aliphatic rings. The quantitative estimate of drug-likeness (QED) is 0.133. The van der Waals surface area contributed by atoms with Crippen LogP contribution < -0.4 is 25.9 Å². The number of benzene rings is 7. The second kappa shape index (κ2) is 7.75. The average Bonchev–Trinajstić information content (AvgIpc) is 2.99. The predicted molar refractivity (Wildman–Crippen MR) is 162 cm³/mol. The highest BCUT2D eigenvalue weighted by Gasteiger charge is 2.39. The molecule has 7 aromatic rings. The minimum atomic E-state index is 0.0481. The zero-order chi connectivity index (χ0) is 25.5. The van der Waals surface area contributed by atoms with E-state index in [2.05, 4.69) is 103 Å². The van der Waals surface area contributed by atoms with Crippen LogP contribution in [0.3, 0.4) is 0 Å². The fourth-order valence-corrected chi connectivity index (χ4v) is 6.67. The first-order chi connectivity index (χ1) is 19.3. The van der Waals surface area contributed by atoms with Gasteiger partial charge in [-0.3, -0.25) is 0 Å². The summed E-state index contributed by atoms with van der Waals surface area (Å²) in [6, 6.07) is 45.4. The minimum Gasteiger partial charge on any atom is -0.458 e. The molecule has 0 radical (unpaired) electrons. The van der Waals surface area contributed by atoms with Crippen LogP contribution in [0.15, 0.2) is 127 Å². The number of hydrogen-bond acceptors (Lipinski definition) is 2. The molecule has 180 valence electrons. The summed E-state index contributed by atoms with van der Waals surface area (Å²) < 4.78 is 12.8. The Balaban J connectivity index is 1.36. The van der Waals surface area contributed by atoms with Crippen LogP contribution in [0.4, 0.5) is 0 Å². The van der Waals surface area contributed by atoms with Crippen molar-refractivity contribution in [3.63, 3.8) is 0 Å². The maximum absolute atomic E-state index is 6.48. The Hall–Kier alpha value is -5.02. The number of fused-ring (bicyclic) bond motifs is 8. The van der Waals surface area contributed by atoms with Gasteiger partial charge in [-0.1, -0.05) is 97.1 Å². The second-order valence-corrected chi connectivity index (χ2v) is 10.5. The van der Waals surface area contributed by atoms with E-state index in [1.165, 1.54) is 54.4 Å². The topological polar surface area (TPSA) is 18.5 Å². The van der Waals surface area contributed by atoms with Crippen LogP contribution >= 0.6 is 0 Å². The van der Waals surface area contributed by atoms with Crippen molar-refractivity contribution in [3.05, 3.63) is 127 Å². The Labute approximate surface area is 226 Å². The summed E-state index contributed by atoms with van der Waals surface area (Å²) >= 11 is 0.